The summed E-state index contributed by atoms with van der Waals surface area (Å²) in [5.41, 5.74) is 1.44. The van der Waals surface area contributed by atoms with Gasteiger partial charge in [-0.3, -0.25) is 0 Å². The summed E-state index contributed by atoms with van der Waals surface area (Å²) in [6.07, 6.45) is -0.835. The van der Waals surface area contributed by atoms with Crippen molar-refractivity contribution in [2.45, 2.75) is 13.2 Å². The molecule has 1 atom stereocenters. The zero-order valence-electron chi connectivity index (χ0n) is 10.9. The first-order chi connectivity index (χ1) is 9.97. The molecule has 0 aliphatic carbocycles. The first-order valence-electron chi connectivity index (χ1n) is 6.19. The molecule has 1 aliphatic rings. The molecule has 108 valence electrons. The fraction of sp³-hybridized carbons (Fsp3) is 0.133. The van der Waals surface area contributed by atoms with E-state index in [4.69, 9.17) is 4.74 Å². The third kappa shape index (κ3) is 2.48. The van der Waals surface area contributed by atoms with Gasteiger partial charge >= 0.3 is 5.97 Å². The van der Waals surface area contributed by atoms with Crippen LogP contribution in [0, 0.1) is 22.1 Å². The average molecular weight is 401 g/mol. The maximum Gasteiger partial charge on any atom is 0.342 e. The Morgan fingerprint density at radius 2 is 2.00 bits per heavy atom. The van der Waals surface area contributed by atoms with Crippen LogP contribution < -0.4 is 5.32 Å². The van der Waals surface area contributed by atoms with E-state index in [1.807, 2.05) is 19.1 Å². The van der Waals surface area contributed by atoms with Crippen molar-refractivity contribution in [1.29, 1.82) is 0 Å². The van der Waals surface area contributed by atoms with Crippen molar-refractivity contribution in [3.8, 4) is 0 Å². The molecular weight excluding hydrogens is 391 g/mol. The molecule has 0 spiro atoms. The van der Waals surface area contributed by atoms with E-state index in [1.165, 1.54) is 6.07 Å². The first-order valence-corrected chi connectivity index (χ1v) is 7.27. The predicted molar refractivity (Wildman–Crippen MR) is 82.0 cm³/mol. The number of rotatable bonds is 1. The Hall–Kier alpha value is -1.70. The van der Waals surface area contributed by atoms with Gasteiger partial charge in [0.25, 0.3) is 0 Å². The van der Waals surface area contributed by atoms with Crippen LogP contribution in [0.2, 0.25) is 0 Å². The third-order valence-corrected chi connectivity index (χ3v) is 4.00. The molecule has 1 heterocycles. The molecule has 3 nitrogen and oxygen atoms in total. The number of aryl methyl sites for hydroxylation is 1. The minimum absolute atomic E-state index is 0.00619. The van der Waals surface area contributed by atoms with Gasteiger partial charge < -0.3 is 10.1 Å². The number of halogens is 3. The van der Waals surface area contributed by atoms with Gasteiger partial charge in [0.15, 0.2) is 17.9 Å². The van der Waals surface area contributed by atoms with Crippen LogP contribution in [-0.2, 0) is 4.74 Å². The lowest BCUT2D eigenvalue weighted by molar-refractivity contribution is 0.0327. The molecule has 0 amide bonds. The molecule has 2 aromatic rings. The van der Waals surface area contributed by atoms with Gasteiger partial charge in [-0.1, -0.05) is 6.07 Å². The van der Waals surface area contributed by atoms with Crippen LogP contribution in [0.1, 0.15) is 27.7 Å². The Kier molecular flexibility index (Phi) is 3.56. The number of fused-ring (bicyclic) bond motifs is 1. The zero-order chi connectivity index (χ0) is 15.1. The van der Waals surface area contributed by atoms with E-state index in [9.17, 15) is 13.6 Å². The van der Waals surface area contributed by atoms with Crippen LogP contribution >= 0.6 is 22.6 Å². The summed E-state index contributed by atoms with van der Waals surface area (Å²) in [6, 6.07) is 7.69. The van der Waals surface area contributed by atoms with Crippen molar-refractivity contribution in [3.63, 3.8) is 0 Å². The van der Waals surface area contributed by atoms with Crippen molar-refractivity contribution >= 4 is 34.2 Å². The average Bonchev–Trinajstić information content (AvgIpc) is 2.43. The lowest BCUT2D eigenvalue weighted by Crippen LogP contribution is -2.27. The van der Waals surface area contributed by atoms with Crippen LogP contribution in [0.25, 0.3) is 0 Å². The lowest BCUT2D eigenvalue weighted by Gasteiger charge is -2.28. The number of carbonyl (C=O) groups excluding carboxylic acids is 1. The standard InChI is InChI=1S/C15H10F2INO2/c1-7-6-8(18)2-3-9(7)14-19-13-10(15(20)21-14)4-5-11(16)12(13)17/h2-6,14,19H,1H3. The van der Waals surface area contributed by atoms with Gasteiger partial charge in [0.05, 0.1) is 11.3 Å². The molecule has 2 aromatic carbocycles. The third-order valence-electron chi connectivity index (χ3n) is 3.33. The van der Waals surface area contributed by atoms with Gasteiger partial charge in [-0.15, -0.1) is 0 Å². The second kappa shape index (κ2) is 5.25. The normalized spacial score (nSPS) is 17.0. The highest BCUT2D eigenvalue weighted by molar-refractivity contribution is 14.1. The van der Waals surface area contributed by atoms with Crippen molar-refractivity contribution in [2.24, 2.45) is 0 Å². The number of esters is 1. The molecule has 21 heavy (non-hydrogen) atoms. The van der Waals surface area contributed by atoms with E-state index >= 15 is 0 Å². The quantitative estimate of drug-likeness (QED) is 0.576. The second-order valence-electron chi connectivity index (χ2n) is 4.71. The Bertz CT molecular complexity index is 749. The maximum atomic E-state index is 13.9. The van der Waals surface area contributed by atoms with Gasteiger partial charge in [-0.2, -0.15) is 0 Å². The van der Waals surface area contributed by atoms with Gasteiger partial charge in [0, 0.05) is 9.13 Å². The Labute approximate surface area is 133 Å². The van der Waals surface area contributed by atoms with Crippen LogP contribution in [0.3, 0.4) is 0 Å². The highest BCUT2D eigenvalue weighted by Crippen LogP contribution is 2.34. The summed E-state index contributed by atoms with van der Waals surface area (Å²) >= 11 is 2.17. The number of hydrogen-bond donors (Lipinski definition) is 1. The molecular formula is C15H10F2INO2. The highest BCUT2D eigenvalue weighted by Gasteiger charge is 2.31. The topological polar surface area (TPSA) is 38.3 Å². The molecule has 0 saturated carbocycles. The molecule has 0 aromatic heterocycles. The minimum atomic E-state index is -1.07. The van der Waals surface area contributed by atoms with Crippen LogP contribution in [-0.4, -0.2) is 5.97 Å². The molecule has 1 N–H and O–H groups in total. The Morgan fingerprint density at radius 1 is 1.24 bits per heavy atom. The van der Waals surface area contributed by atoms with Gasteiger partial charge in [-0.25, -0.2) is 13.6 Å². The van der Waals surface area contributed by atoms with Crippen molar-refractivity contribution in [1.82, 2.24) is 0 Å². The van der Waals surface area contributed by atoms with E-state index in [0.29, 0.717) is 5.56 Å². The van der Waals surface area contributed by atoms with Crippen molar-refractivity contribution in [2.75, 3.05) is 5.32 Å². The van der Waals surface area contributed by atoms with Crippen molar-refractivity contribution in [3.05, 3.63) is 62.2 Å². The molecule has 0 radical (unpaired) electrons. The molecule has 0 saturated heterocycles. The predicted octanol–water partition coefficient (Wildman–Crippen LogP) is 4.16. The number of ether oxygens (including phenoxy) is 1. The molecule has 0 fully saturated rings. The van der Waals surface area contributed by atoms with E-state index in [1.54, 1.807) is 6.07 Å². The van der Waals surface area contributed by atoms with Gasteiger partial charge in [0.1, 0.15) is 0 Å². The summed E-state index contributed by atoms with van der Waals surface area (Å²) in [7, 11) is 0. The Morgan fingerprint density at radius 3 is 2.71 bits per heavy atom. The molecule has 6 heteroatoms. The number of nitrogens with one attached hydrogen (secondary N) is 1. The maximum absolute atomic E-state index is 13.9. The number of cyclic esters (lactones) is 1. The monoisotopic (exact) mass is 401 g/mol. The molecule has 1 aliphatic heterocycles. The van der Waals surface area contributed by atoms with Crippen LogP contribution in [0.5, 0.6) is 0 Å². The van der Waals surface area contributed by atoms with E-state index < -0.39 is 23.8 Å². The van der Waals surface area contributed by atoms with Crippen molar-refractivity contribution < 1.29 is 18.3 Å². The van der Waals surface area contributed by atoms with E-state index in [0.717, 1.165) is 15.2 Å². The molecule has 3 rings (SSSR count). The summed E-state index contributed by atoms with van der Waals surface area (Å²) in [4.78, 5) is 12.0. The van der Waals surface area contributed by atoms with E-state index in [-0.39, 0.29) is 11.3 Å². The highest BCUT2D eigenvalue weighted by atomic mass is 127. The zero-order valence-corrected chi connectivity index (χ0v) is 13.1. The first kappa shape index (κ1) is 14.2. The SMILES string of the molecule is Cc1cc(I)ccc1C1Nc2c(ccc(F)c2F)C(=O)O1. The number of hydrogen-bond acceptors (Lipinski definition) is 3. The molecule has 0 bridgehead atoms. The van der Waals surface area contributed by atoms with Gasteiger partial charge in [-0.05, 0) is 59.3 Å². The largest absolute Gasteiger partial charge is 0.434 e. The lowest BCUT2D eigenvalue weighted by atomic mass is 10.0. The van der Waals surface area contributed by atoms with Gasteiger partial charge in [0.2, 0.25) is 0 Å². The minimum Gasteiger partial charge on any atom is -0.434 e. The summed E-state index contributed by atoms with van der Waals surface area (Å²) < 4.78 is 33.5. The van der Waals surface area contributed by atoms with Crippen LogP contribution in [0.15, 0.2) is 30.3 Å². The Balaban J connectivity index is 2.05. The summed E-state index contributed by atoms with van der Waals surface area (Å²) in [5, 5.41) is 2.75. The number of anilines is 1. The smallest absolute Gasteiger partial charge is 0.342 e. The second-order valence-corrected chi connectivity index (χ2v) is 5.96. The number of carbonyl (C=O) groups is 1. The van der Waals surface area contributed by atoms with E-state index in [2.05, 4.69) is 27.9 Å². The number of benzene rings is 2. The summed E-state index contributed by atoms with van der Waals surface area (Å²) in [5.74, 6) is -2.75. The molecule has 1 unspecified atom stereocenters. The fourth-order valence-electron chi connectivity index (χ4n) is 2.27. The van der Waals surface area contributed by atoms with Crippen LogP contribution in [0.4, 0.5) is 14.5 Å². The fourth-order valence-corrected chi connectivity index (χ4v) is 2.91. The summed E-state index contributed by atoms with van der Waals surface area (Å²) in [6.45, 7) is 1.87.